The van der Waals surface area contributed by atoms with E-state index in [1.54, 1.807) is 0 Å². The van der Waals surface area contributed by atoms with Crippen molar-refractivity contribution in [2.45, 2.75) is 19.1 Å². The Kier molecular flexibility index (Phi) is 4.27. The van der Waals surface area contributed by atoms with Crippen molar-refractivity contribution < 1.29 is 5.11 Å². The Bertz CT molecular complexity index is 763. The first-order valence-corrected chi connectivity index (χ1v) is 7.66. The summed E-state index contributed by atoms with van der Waals surface area (Å²) in [6.45, 7) is 2.64. The second-order valence-electron chi connectivity index (χ2n) is 5.71. The summed E-state index contributed by atoms with van der Waals surface area (Å²) >= 11 is 0. The SMILES string of the molecule is CNC[C@H](O)[C@@H](c1ccccc1C)n1ccc2ccccc21. The van der Waals surface area contributed by atoms with Gasteiger partial charge < -0.3 is 15.0 Å². The molecule has 0 saturated carbocycles. The number of aryl methyl sites for hydroxylation is 1. The highest BCUT2D eigenvalue weighted by Gasteiger charge is 2.24. The fraction of sp³-hybridized carbons (Fsp3) is 0.263. The molecular weight excluding hydrogens is 272 g/mol. The van der Waals surface area contributed by atoms with Crippen LogP contribution in [0.5, 0.6) is 0 Å². The lowest BCUT2D eigenvalue weighted by atomic mass is 9.96. The molecule has 2 N–H and O–H groups in total. The number of nitrogens with one attached hydrogen (secondary N) is 1. The summed E-state index contributed by atoms with van der Waals surface area (Å²) in [5, 5.41) is 15.0. The van der Waals surface area contributed by atoms with Crippen LogP contribution in [-0.2, 0) is 0 Å². The molecule has 3 aromatic rings. The van der Waals surface area contributed by atoms with Crippen molar-refractivity contribution in [3.05, 3.63) is 71.9 Å². The number of hydrogen-bond donors (Lipinski definition) is 2. The predicted octanol–water partition coefficient (Wildman–Crippen LogP) is 3.12. The lowest BCUT2D eigenvalue weighted by Crippen LogP contribution is -2.33. The van der Waals surface area contributed by atoms with Gasteiger partial charge in [-0.25, -0.2) is 0 Å². The number of aromatic nitrogens is 1. The first-order chi connectivity index (χ1) is 10.7. The molecule has 2 aromatic carbocycles. The van der Waals surface area contributed by atoms with E-state index in [-0.39, 0.29) is 6.04 Å². The highest BCUT2D eigenvalue weighted by atomic mass is 16.3. The van der Waals surface area contributed by atoms with Gasteiger partial charge in [0, 0.05) is 18.3 Å². The summed E-state index contributed by atoms with van der Waals surface area (Å²) in [5.41, 5.74) is 3.50. The molecule has 0 aliphatic heterocycles. The molecule has 0 fully saturated rings. The Morgan fingerprint density at radius 1 is 1.05 bits per heavy atom. The molecule has 3 nitrogen and oxygen atoms in total. The summed E-state index contributed by atoms with van der Waals surface area (Å²) in [6, 6.07) is 18.6. The molecule has 0 spiro atoms. The zero-order valence-electron chi connectivity index (χ0n) is 13.0. The molecule has 0 unspecified atom stereocenters. The van der Waals surface area contributed by atoms with Crippen LogP contribution in [0, 0.1) is 6.92 Å². The van der Waals surface area contributed by atoms with Crippen LogP contribution in [0.2, 0.25) is 0 Å². The van der Waals surface area contributed by atoms with Crippen molar-refractivity contribution in [2.75, 3.05) is 13.6 Å². The minimum atomic E-state index is -0.498. The molecule has 0 bridgehead atoms. The molecule has 3 rings (SSSR count). The second kappa shape index (κ2) is 6.34. The molecule has 2 atom stereocenters. The number of para-hydroxylation sites is 1. The third kappa shape index (κ3) is 2.65. The maximum atomic E-state index is 10.7. The lowest BCUT2D eigenvalue weighted by molar-refractivity contribution is 0.132. The second-order valence-corrected chi connectivity index (χ2v) is 5.71. The summed E-state index contributed by atoms with van der Waals surface area (Å²) in [7, 11) is 1.87. The molecular formula is C19H22N2O. The third-order valence-electron chi connectivity index (χ3n) is 4.21. The van der Waals surface area contributed by atoms with Crippen molar-refractivity contribution in [1.29, 1.82) is 0 Å². The van der Waals surface area contributed by atoms with Gasteiger partial charge in [-0.3, -0.25) is 0 Å². The van der Waals surface area contributed by atoms with Gasteiger partial charge in [-0.2, -0.15) is 0 Å². The van der Waals surface area contributed by atoms with Crippen LogP contribution in [0.4, 0.5) is 0 Å². The average Bonchev–Trinajstić information content (AvgIpc) is 2.94. The Balaban J connectivity index is 2.15. The molecule has 0 amide bonds. The highest BCUT2D eigenvalue weighted by Crippen LogP contribution is 2.29. The Hall–Kier alpha value is -2.10. The summed E-state index contributed by atoms with van der Waals surface area (Å²) in [5.74, 6) is 0. The molecule has 1 heterocycles. The first-order valence-electron chi connectivity index (χ1n) is 7.66. The van der Waals surface area contributed by atoms with Gasteiger partial charge in [0.2, 0.25) is 0 Å². The Morgan fingerprint density at radius 3 is 2.55 bits per heavy atom. The maximum absolute atomic E-state index is 10.7. The van der Waals surface area contributed by atoms with E-state index in [1.165, 1.54) is 10.9 Å². The largest absolute Gasteiger partial charge is 0.389 e. The summed E-state index contributed by atoms with van der Waals surface area (Å²) in [4.78, 5) is 0. The van der Waals surface area contributed by atoms with E-state index < -0.39 is 6.10 Å². The van der Waals surface area contributed by atoms with E-state index in [2.05, 4.69) is 53.3 Å². The number of aliphatic hydroxyl groups excluding tert-OH is 1. The normalized spacial score (nSPS) is 14.1. The van der Waals surface area contributed by atoms with Crippen molar-refractivity contribution >= 4 is 10.9 Å². The van der Waals surface area contributed by atoms with E-state index in [0.717, 1.165) is 11.1 Å². The van der Waals surface area contributed by atoms with Gasteiger partial charge in [-0.05, 0) is 42.6 Å². The number of likely N-dealkylation sites (N-methyl/N-ethyl adjacent to an activating group) is 1. The van der Waals surface area contributed by atoms with Crippen LogP contribution in [-0.4, -0.2) is 29.4 Å². The van der Waals surface area contributed by atoms with E-state index >= 15 is 0 Å². The van der Waals surface area contributed by atoms with Gasteiger partial charge >= 0.3 is 0 Å². The topological polar surface area (TPSA) is 37.2 Å². The van der Waals surface area contributed by atoms with E-state index in [1.807, 2.05) is 31.3 Å². The Labute approximate surface area is 131 Å². The van der Waals surface area contributed by atoms with Gasteiger partial charge in [-0.1, -0.05) is 42.5 Å². The van der Waals surface area contributed by atoms with Gasteiger partial charge in [0.25, 0.3) is 0 Å². The van der Waals surface area contributed by atoms with E-state index in [4.69, 9.17) is 0 Å². The molecule has 114 valence electrons. The van der Waals surface area contributed by atoms with Crippen molar-refractivity contribution in [1.82, 2.24) is 9.88 Å². The van der Waals surface area contributed by atoms with Gasteiger partial charge in [-0.15, -0.1) is 0 Å². The highest BCUT2D eigenvalue weighted by molar-refractivity contribution is 5.80. The fourth-order valence-corrected chi connectivity index (χ4v) is 3.13. The maximum Gasteiger partial charge on any atom is 0.0912 e. The summed E-state index contributed by atoms with van der Waals surface area (Å²) in [6.07, 6.45) is 1.57. The zero-order valence-corrected chi connectivity index (χ0v) is 13.0. The quantitative estimate of drug-likeness (QED) is 0.758. The number of nitrogens with zero attached hydrogens (tertiary/aromatic N) is 1. The van der Waals surface area contributed by atoms with E-state index in [9.17, 15) is 5.11 Å². The average molecular weight is 294 g/mol. The third-order valence-corrected chi connectivity index (χ3v) is 4.21. The van der Waals surface area contributed by atoms with Crippen LogP contribution in [0.15, 0.2) is 60.8 Å². The summed E-state index contributed by atoms with van der Waals surface area (Å²) < 4.78 is 2.18. The fourth-order valence-electron chi connectivity index (χ4n) is 3.13. The number of rotatable bonds is 5. The van der Waals surface area contributed by atoms with Crippen LogP contribution in [0.3, 0.4) is 0 Å². The Morgan fingerprint density at radius 2 is 1.77 bits per heavy atom. The van der Waals surface area contributed by atoms with Crippen molar-refractivity contribution in [3.8, 4) is 0 Å². The molecule has 22 heavy (non-hydrogen) atoms. The molecule has 1 aromatic heterocycles. The number of aliphatic hydroxyl groups is 1. The van der Waals surface area contributed by atoms with E-state index in [0.29, 0.717) is 6.54 Å². The number of fused-ring (bicyclic) bond motifs is 1. The van der Waals surface area contributed by atoms with Crippen molar-refractivity contribution in [3.63, 3.8) is 0 Å². The van der Waals surface area contributed by atoms with Crippen molar-refractivity contribution in [2.24, 2.45) is 0 Å². The van der Waals surface area contributed by atoms with Crippen LogP contribution >= 0.6 is 0 Å². The molecule has 3 heteroatoms. The number of benzene rings is 2. The molecule has 0 saturated heterocycles. The van der Waals surface area contributed by atoms with Gasteiger partial charge in [0.05, 0.1) is 12.1 Å². The number of hydrogen-bond acceptors (Lipinski definition) is 2. The monoisotopic (exact) mass is 294 g/mol. The first kappa shape index (κ1) is 14.8. The van der Waals surface area contributed by atoms with Crippen LogP contribution < -0.4 is 5.32 Å². The lowest BCUT2D eigenvalue weighted by Gasteiger charge is -2.27. The standard InChI is InChI=1S/C19H22N2O/c1-14-7-3-5-9-16(14)19(18(22)13-20-2)21-12-11-15-8-4-6-10-17(15)21/h3-12,18-20,22H,13H2,1-2H3/t18-,19+/m0/s1. The molecule has 0 aliphatic rings. The zero-order chi connectivity index (χ0) is 15.5. The van der Waals surface area contributed by atoms with Crippen LogP contribution in [0.1, 0.15) is 17.2 Å². The minimum Gasteiger partial charge on any atom is -0.389 e. The molecule has 0 radical (unpaired) electrons. The van der Waals surface area contributed by atoms with Gasteiger partial charge in [0.15, 0.2) is 0 Å². The minimum absolute atomic E-state index is 0.103. The smallest absolute Gasteiger partial charge is 0.0912 e. The van der Waals surface area contributed by atoms with Gasteiger partial charge in [0.1, 0.15) is 0 Å². The predicted molar refractivity (Wildman–Crippen MR) is 91.2 cm³/mol. The molecule has 0 aliphatic carbocycles. The van der Waals surface area contributed by atoms with Crippen LogP contribution in [0.25, 0.3) is 10.9 Å².